The number of aliphatic hydroxyl groups excluding tert-OH is 1. The fourth-order valence-corrected chi connectivity index (χ4v) is 7.67. The summed E-state index contributed by atoms with van der Waals surface area (Å²) >= 11 is 0. The zero-order valence-corrected chi connectivity index (χ0v) is 28.0. The van der Waals surface area contributed by atoms with Crippen molar-refractivity contribution in [2.24, 2.45) is 23.7 Å². The Morgan fingerprint density at radius 1 is 1.00 bits per heavy atom. The molecule has 6 atom stereocenters. The number of rotatable bonds is 7. The van der Waals surface area contributed by atoms with Gasteiger partial charge in [-0.25, -0.2) is 0 Å². The van der Waals surface area contributed by atoms with Gasteiger partial charge in [-0.2, -0.15) is 0 Å². The van der Waals surface area contributed by atoms with Gasteiger partial charge in [-0.15, -0.1) is 11.8 Å². The summed E-state index contributed by atoms with van der Waals surface area (Å²) in [6.45, 7) is 27.7. The van der Waals surface area contributed by atoms with E-state index >= 15 is 0 Å². The highest BCUT2D eigenvalue weighted by atomic mass is 28.4. The van der Waals surface area contributed by atoms with Gasteiger partial charge in [0.05, 0.1) is 12.7 Å². The molecule has 0 bridgehead atoms. The fourth-order valence-electron chi connectivity index (χ4n) is 5.04. The predicted octanol–water partition coefficient (Wildman–Crippen LogP) is 8.18. The Balaban J connectivity index is 2.43. The van der Waals surface area contributed by atoms with E-state index in [4.69, 9.17) is 8.85 Å². The van der Waals surface area contributed by atoms with Crippen LogP contribution in [-0.4, -0.2) is 40.6 Å². The van der Waals surface area contributed by atoms with Gasteiger partial charge in [0.15, 0.2) is 16.6 Å². The summed E-state index contributed by atoms with van der Waals surface area (Å²) in [5.74, 6) is 15.6. The van der Waals surface area contributed by atoms with E-state index in [1.807, 2.05) is 6.08 Å². The van der Waals surface area contributed by atoms with Crippen LogP contribution in [0.25, 0.3) is 0 Å². The van der Waals surface area contributed by atoms with Crippen LogP contribution in [0.2, 0.25) is 36.3 Å². The summed E-state index contributed by atoms with van der Waals surface area (Å²) < 4.78 is 14.0. The molecule has 0 radical (unpaired) electrons. The third-order valence-electron chi connectivity index (χ3n) is 9.52. The van der Waals surface area contributed by atoms with Crippen molar-refractivity contribution in [2.45, 2.75) is 136 Å². The molecule has 2 aliphatic rings. The van der Waals surface area contributed by atoms with Crippen LogP contribution < -0.4 is 0 Å². The average Bonchev–Trinajstić information content (AvgIpc) is 3.26. The second-order valence-electron chi connectivity index (χ2n) is 14.5. The van der Waals surface area contributed by atoms with Gasteiger partial charge in [0.25, 0.3) is 0 Å². The first kappa shape index (κ1) is 32.4. The van der Waals surface area contributed by atoms with Crippen molar-refractivity contribution in [3.63, 3.8) is 0 Å². The molecule has 0 spiro atoms. The van der Waals surface area contributed by atoms with Crippen LogP contribution in [0.15, 0.2) is 11.6 Å². The van der Waals surface area contributed by atoms with Gasteiger partial charge in [-0.3, -0.25) is 0 Å². The normalized spacial score (nSPS) is 27.2. The van der Waals surface area contributed by atoms with Crippen molar-refractivity contribution in [1.82, 2.24) is 0 Å². The maximum Gasteiger partial charge on any atom is 0.193 e. The minimum Gasteiger partial charge on any atom is -0.413 e. The number of hydrogen-bond donors (Lipinski definition) is 1. The molecule has 37 heavy (non-hydrogen) atoms. The minimum absolute atomic E-state index is 0.117. The second-order valence-corrected chi connectivity index (χ2v) is 24.0. The average molecular weight is 545 g/mol. The van der Waals surface area contributed by atoms with E-state index in [1.165, 1.54) is 5.57 Å². The summed E-state index contributed by atoms with van der Waals surface area (Å²) in [7, 11) is -3.92. The molecule has 0 amide bonds. The topological polar surface area (TPSA) is 38.7 Å². The van der Waals surface area contributed by atoms with E-state index < -0.39 is 16.6 Å². The monoisotopic (exact) mass is 544 g/mol. The maximum atomic E-state index is 9.50. The lowest BCUT2D eigenvalue weighted by Gasteiger charge is -2.40. The van der Waals surface area contributed by atoms with Gasteiger partial charge in [0.1, 0.15) is 6.10 Å². The maximum absolute atomic E-state index is 9.50. The van der Waals surface area contributed by atoms with E-state index in [-0.39, 0.29) is 40.7 Å². The van der Waals surface area contributed by atoms with Crippen LogP contribution in [0, 0.1) is 47.4 Å². The molecule has 210 valence electrons. The zero-order chi connectivity index (χ0) is 28.2. The number of hydrogen-bond acceptors (Lipinski definition) is 3. The lowest BCUT2D eigenvalue weighted by molar-refractivity contribution is 0.150. The Morgan fingerprint density at radius 3 is 2.16 bits per heavy atom. The van der Waals surface area contributed by atoms with E-state index in [9.17, 15) is 5.11 Å². The van der Waals surface area contributed by atoms with Gasteiger partial charge < -0.3 is 14.0 Å². The lowest BCUT2D eigenvalue weighted by Crippen LogP contribution is -2.45. The highest BCUT2D eigenvalue weighted by molar-refractivity contribution is 6.74. The molecule has 2 aliphatic carbocycles. The summed E-state index contributed by atoms with van der Waals surface area (Å²) in [6, 6.07) is 0. The van der Waals surface area contributed by atoms with Gasteiger partial charge in [-0.05, 0) is 67.4 Å². The van der Waals surface area contributed by atoms with Crippen LogP contribution in [-0.2, 0) is 8.85 Å². The molecule has 2 rings (SSSR count). The zero-order valence-electron chi connectivity index (χ0n) is 26.0. The Labute approximate surface area is 231 Å². The molecule has 5 heteroatoms. The Hall–Kier alpha value is -0.826. The molecule has 0 aromatic carbocycles. The first-order chi connectivity index (χ1) is 16.9. The van der Waals surface area contributed by atoms with Crippen LogP contribution in [0.5, 0.6) is 0 Å². The predicted molar refractivity (Wildman–Crippen MR) is 163 cm³/mol. The van der Waals surface area contributed by atoms with Gasteiger partial charge in [0, 0.05) is 24.7 Å². The summed E-state index contributed by atoms with van der Waals surface area (Å²) in [5, 5.41) is 9.80. The van der Waals surface area contributed by atoms with Crippen LogP contribution in [0.4, 0.5) is 0 Å². The molecule has 0 aromatic rings. The van der Waals surface area contributed by atoms with Crippen LogP contribution >= 0.6 is 0 Å². The Kier molecular flexibility index (Phi) is 11.0. The molecule has 0 saturated heterocycles. The van der Waals surface area contributed by atoms with Crippen molar-refractivity contribution >= 4 is 16.6 Å². The molecule has 0 unspecified atom stereocenters. The largest absolute Gasteiger partial charge is 0.413 e. The van der Waals surface area contributed by atoms with Crippen LogP contribution in [0.1, 0.15) is 87.5 Å². The van der Waals surface area contributed by atoms with Crippen LogP contribution in [0.3, 0.4) is 0 Å². The first-order valence-electron chi connectivity index (χ1n) is 14.5. The molecule has 0 aliphatic heterocycles. The molecule has 3 nitrogen and oxygen atoms in total. The van der Waals surface area contributed by atoms with E-state index in [2.05, 4.69) is 105 Å². The van der Waals surface area contributed by atoms with Crippen molar-refractivity contribution in [3.8, 4) is 23.7 Å². The highest BCUT2D eigenvalue weighted by Gasteiger charge is 2.50. The molecule has 0 heterocycles. The third-order valence-corrected chi connectivity index (χ3v) is 18.5. The lowest BCUT2D eigenvalue weighted by atomic mass is 9.91. The van der Waals surface area contributed by atoms with E-state index in [0.29, 0.717) is 11.8 Å². The van der Waals surface area contributed by atoms with Crippen molar-refractivity contribution in [3.05, 3.63) is 11.6 Å². The number of fused-ring (bicyclic) bond motifs is 1. The van der Waals surface area contributed by atoms with Crippen molar-refractivity contribution < 1.29 is 14.0 Å². The third kappa shape index (κ3) is 8.33. The number of allylic oxidation sites excluding steroid dienone is 1. The van der Waals surface area contributed by atoms with E-state index in [0.717, 1.165) is 32.1 Å². The van der Waals surface area contributed by atoms with Crippen molar-refractivity contribution in [2.75, 3.05) is 6.61 Å². The van der Waals surface area contributed by atoms with Gasteiger partial charge in [0.2, 0.25) is 0 Å². The minimum atomic E-state index is -2.00. The standard InChI is InChI=1S/C32H56O3Si2/c1-13-14-15-16-24(2)29(34-36(9,10)31(3,4)5)18-17-27-28-22-25(19-20-33)21-26(28)23-30(27)35-37(11,12)32(6,7)8/h19,24,26-30,33H,13,16,20-23H2,1-12H3/b25-19+/t24-,26-,27+,28-,29+,30+/m0/s1. The molecular formula is C32H56O3Si2. The van der Waals surface area contributed by atoms with Gasteiger partial charge in [-0.1, -0.05) is 78.9 Å². The first-order valence-corrected chi connectivity index (χ1v) is 20.4. The van der Waals surface area contributed by atoms with E-state index in [1.54, 1.807) is 0 Å². The van der Waals surface area contributed by atoms with Crippen molar-refractivity contribution in [1.29, 1.82) is 0 Å². The Morgan fingerprint density at radius 2 is 1.62 bits per heavy atom. The molecular weight excluding hydrogens is 489 g/mol. The smallest absolute Gasteiger partial charge is 0.193 e. The molecule has 2 saturated carbocycles. The second kappa shape index (κ2) is 12.6. The SMILES string of the molecule is CCC#CC[C@H](C)[C@@H](C#C[C@@H]1[C@H]2C/C(=C/CO)C[C@H]2C[C@H]1O[Si](C)(C)C(C)(C)C)O[Si](C)(C)C(C)(C)C. The molecule has 1 N–H and O–H groups in total. The summed E-state index contributed by atoms with van der Waals surface area (Å²) in [6.07, 6.45) is 6.96. The fraction of sp³-hybridized carbons (Fsp3) is 0.812. The molecule has 0 aromatic heterocycles. The summed E-state index contributed by atoms with van der Waals surface area (Å²) in [4.78, 5) is 0. The number of aliphatic hydroxyl groups is 1. The quantitative estimate of drug-likeness (QED) is 0.199. The highest BCUT2D eigenvalue weighted by Crippen LogP contribution is 2.52. The summed E-state index contributed by atoms with van der Waals surface area (Å²) in [5.41, 5.74) is 1.40. The molecule has 2 fully saturated rings. The van der Waals surface area contributed by atoms with Gasteiger partial charge >= 0.3 is 0 Å². The Bertz CT molecular complexity index is 914.